The molecule has 1 fully saturated rings. The van der Waals surface area contributed by atoms with Gasteiger partial charge in [-0.1, -0.05) is 18.2 Å². The SMILES string of the molecule is Cc1cc(C2C(c3ccccn3)NC(=S)N2CCN(C)C)c(C)n1-c1ccccc1C(F)(F)F. The lowest BCUT2D eigenvalue weighted by Crippen LogP contribution is -2.35. The van der Waals surface area contributed by atoms with Gasteiger partial charge < -0.3 is 19.7 Å². The maximum absolute atomic E-state index is 13.8. The first kappa shape index (κ1) is 24.2. The Morgan fingerprint density at radius 2 is 1.79 bits per heavy atom. The molecule has 0 aliphatic carbocycles. The molecule has 0 radical (unpaired) electrons. The minimum atomic E-state index is -4.45. The molecule has 3 aromatic rings. The van der Waals surface area contributed by atoms with Crippen molar-refractivity contribution < 1.29 is 13.2 Å². The molecular weight excluding hydrogens is 459 g/mol. The highest BCUT2D eigenvalue weighted by Gasteiger charge is 2.42. The van der Waals surface area contributed by atoms with Gasteiger partial charge in [0.05, 0.1) is 29.0 Å². The van der Waals surface area contributed by atoms with Gasteiger partial charge in [0.15, 0.2) is 5.11 Å². The second-order valence-electron chi connectivity index (χ2n) is 8.80. The lowest BCUT2D eigenvalue weighted by Gasteiger charge is -2.29. The number of aryl methyl sites for hydroxylation is 1. The number of aromatic nitrogens is 2. The van der Waals surface area contributed by atoms with Gasteiger partial charge in [-0.05, 0) is 76.1 Å². The molecule has 1 aliphatic heterocycles. The molecule has 0 spiro atoms. The number of alkyl halides is 3. The molecular formula is C25H28F3N5S. The van der Waals surface area contributed by atoms with Crippen LogP contribution in [0.1, 0.15) is 40.3 Å². The van der Waals surface area contributed by atoms with Crippen molar-refractivity contribution in [2.24, 2.45) is 0 Å². The number of hydrogen-bond donors (Lipinski definition) is 1. The fraction of sp³-hybridized carbons (Fsp3) is 0.360. The van der Waals surface area contributed by atoms with E-state index in [2.05, 4.69) is 20.1 Å². The van der Waals surface area contributed by atoms with Gasteiger partial charge in [0.25, 0.3) is 0 Å². The molecule has 2 atom stereocenters. The summed E-state index contributed by atoms with van der Waals surface area (Å²) in [5.41, 5.74) is 2.71. The van der Waals surface area contributed by atoms with E-state index in [9.17, 15) is 13.2 Å². The van der Waals surface area contributed by atoms with E-state index in [1.807, 2.05) is 52.2 Å². The van der Waals surface area contributed by atoms with Crippen LogP contribution in [0, 0.1) is 13.8 Å². The summed E-state index contributed by atoms with van der Waals surface area (Å²) in [6, 6.07) is 13.0. The molecule has 1 saturated heterocycles. The molecule has 180 valence electrons. The molecule has 1 N–H and O–H groups in total. The van der Waals surface area contributed by atoms with Crippen LogP contribution in [0.3, 0.4) is 0 Å². The van der Waals surface area contributed by atoms with Crippen LogP contribution in [-0.4, -0.2) is 51.6 Å². The summed E-state index contributed by atoms with van der Waals surface area (Å²) in [6.07, 6.45) is -2.72. The zero-order valence-corrected chi connectivity index (χ0v) is 20.4. The Kier molecular flexibility index (Phi) is 6.69. The lowest BCUT2D eigenvalue weighted by atomic mass is 9.96. The Morgan fingerprint density at radius 1 is 1.09 bits per heavy atom. The van der Waals surface area contributed by atoms with Crippen molar-refractivity contribution in [2.45, 2.75) is 32.1 Å². The second kappa shape index (κ2) is 9.38. The molecule has 9 heteroatoms. The van der Waals surface area contributed by atoms with Crippen LogP contribution in [0.15, 0.2) is 54.7 Å². The van der Waals surface area contributed by atoms with Gasteiger partial charge in [-0.25, -0.2) is 0 Å². The number of nitrogens with zero attached hydrogens (tertiary/aromatic N) is 4. The van der Waals surface area contributed by atoms with Crippen molar-refractivity contribution in [3.8, 4) is 5.69 Å². The molecule has 0 bridgehead atoms. The zero-order chi connectivity index (χ0) is 24.6. The highest BCUT2D eigenvalue weighted by Crippen LogP contribution is 2.42. The topological polar surface area (TPSA) is 36.3 Å². The van der Waals surface area contributed by atoms with Gasteiger partial charge in [-0.15, -0.1) is 0 Å². The van der Waals surface area contributed by atoms with E-state index in [1.165, 1.54) is 12.1 Å². The Balaban J connectivity index is 1.85. The van der Waals surface area contributed by atoms with Crippen LogP contribution < -0.4 is 5.32 Å². The average molecular weight is 488 g/mol. The van der Waals surface area contributed by atoms with Crippen molar-refractivity contribution in [3.63, 3.8) is 0 Å². The molecule has 2 unspecified atom stereocenters. The quantitative estimate of drug-likeness (QED) is 0.493. The summed E-state index contributed by atoms with van der Waals surface area (Å²) in [7, 11) is 4.00. The van der Waals surface area contributed by atoms with E-state index in [1.54, 1.807) is 16.8 Å². The third kappa shape index (κ3) is 4.54. The number of nitrogens with one attached hydrogen (secondary N) is 1. The van der Waals surface area contributed by atoms with Crippen LogP contribution in [0.4, 0.5) is 13.2 Å². The summed E-state index contributed by atoms with van der Waals surface area (Å²) >= 11 is 5.71. The number of pyridine rings is 1. The molecule has 1 aliphatic rings. The first-order chi connectivity index (χ1) is 16.1. The van der Waals surface area contributed by atoms with Crippen LogP contribution in [0.5, 0.6) is 0 Å². The molecule has 0 amide bonds. The minimum Gasteiger partial charge on any atom is -0.352 e. The number of likely N-dealkylation sites (N-methyl/N-ethyl adjacent to an activating group) is 1. The fourth-order valence-electron chi connectivity index (χ4n) is 4.66. The molecule has 3 heterocycles. The van der Waals surface area contributed by atoms with Crippen molar-refractivity contribution in [2.75, 3.05) is 27.2 Å². The van der Waals surface area contributed by atoms with E-state index in [4.69, 9.17) is 12.2 Å². The van der Waals surface area contributed by atoms with Crippen LogP contribution in [-0.2, 0) is 6.18 Å². The summed E-state index contributed by atoms with van der Waals surface area (Å²) in [6.45, 7) is 5.17. The average Bonchev–Trinajstić information content (AvgIpc) is 3.27. The van der Waals surface area contributed by atoms with E-state index < -0.39 is 11.7 Å². The Morgan fingerprint density at radius 3 is 2.44 bits per heavy atom. The Bertz CT molecular complexity index is 1170. The molecule has 2 aromatic heterocycles. The number of halogens is 3. The fourth-order valence-corrected chi connectivity index (χ4v) is 4.99. The van der Waals surface area contributed by atoms with E-state index in [0.29, 0.717) is 11.7 Å². The number of thiocarbonyl (C=S) groups is 1. The molecule has 1 aromatic carbocycles. The smallest absolute Gasteiger partial charge is 0.352 e. The number of hydrogen-bond acceptors (Lipinski definition) is 3. The van der Waals surface area contributed by atoms with Crippen molar-refractivity contribution in [1.82, 2.24) is 24.7 Å². The molecule has 5 nitrogen and oxygen atoms in total. The summed E-state index contributed by atoms with van der Waals surface area (Å²) in [4.78, 5) is 8.75. The van der Waals surface area contributed by atoms with Gasteiger partial charge >= 0.3 is 6.18 Å². The van der Waals surface area contributed by atoms with Gasteiger partial charge in [0.1, 0.15) is 0 Å². The summed E-state index contributed by atoms with van der Waals surface area (Å²) < 4.78 is 43.1. The van der Waals surface area contributed by atoms with Crippen LogP contribution in [0.25, 0.3) is 5.69 Å². The van der Waals surface area contributed by atoms with Gasteiger partial charge in [0.2, 0.25) is 0 Å². The van der Waals surface area contributed by atoms with Crippen molar-refractivity contribution >= 4 is 17.3 Å². The molecule has 0 saturated carbocycles. The van der Waals surface area contributed by atoms with Gasteiger partial charge in [0, 0.05) is 30.7 Å². The maximum Gasteiger partial charge on any atom is 0.418 e. The van der Waals surface area contributed by atoms with Crippen LogP contribution >= 0.6 is 12.2 Å². The predicted octanol–water partition coefficient (Wildman–Crippen LogP) is 5.04. The Labute approximate surface area is 203 Å². The number of benzene rings is 1. The normalized spacial score (nSPS) is 18.6. The van der Waals surface area contributed by atoms with Crippen LogP contribution in [0.2, 0.25) is 0 Å². The second-order valence-corrected chi connectivity index (χ2v) is 9.19. The summed E-state index contributed by atoms with van der Waals surface area (Å²) in [5.74, 6) is 0. The minimum absolute atomic E-state index is 0.124. The first-order valence-electron chi connectivity index (χ1n) is 11.1. The third-order valence-corrected chi connectivity index (χ3v) is 6.58. The van der Waals surface area contributed by atoms with Gasteiger partial charge in [-0.2, -0.15) is 13.2 Å². The third-order valence-electron chi connectivity index (χ3n) is 6.23. The number of rotatable bonds is 6. The maximum atomic E-state index is 13.8. The standard InChI is InChI=1S/C25H28F3N5S/c1-16-15-18(17(2)33(16)21-11-6-5-9-19(21)25(26,27)28)23-22(20-10-7-8-12-29-20)30-24(34)32(23)14-13-31(3)4/h5-12,15,22-23H,13-14H2,1-4H3,(H,30,34). The van der Waals surface area contributed by atoms with E-state index >= 15 is 0 Å². The highest BCUT2D eigenvalue weighted by molar-refractivity contribution is 7.80. The predicted molar refractivity (Wildman–Crippen MR) is 131 cm³/mol. The zero-order valence-electron chi connectivity index (χ0n) is 19.6. The molecule has 4 rings (SSSR count). The van der Waals surface area contributed by atoms with Crippen molar-refractivity contribution in [3.05, 3.63) is 82.9 Å². The largest absolute Gasteiger partial charge is 0.418 e. The van der Waals surface area contributed by atoms with Crippen molar-refractivity contribution in [1.29, 1.82) is 0 Å². The Hall–Kier alpha value is -2.91. The number of para-hydroxylation sites is 1. The van der Waals surface area contributed by atoms with Gasteiger partial charge in [-0.3, -0.25) is 4.98 Å². The molecule has 34 heavy (non-hydrogen) atoms. The highest BCUT2D eigenvalue weighted by atomic mass is 32.1. The van der Waals surface area contributed by atoms with E-state index in [0.717, 1.165) is 35.3 Å². The lowest BCUT2D eigenvalue weighted by molar-refractivity contribution is -0.137. The monoisotopic (exact) mass is 487 g/mol. The first-order valence-corrected chi connectivity index (χ1v) is 11.5. The summed E-state index contributed by atoms with van der Waals surface area (Å²) in [5, 5.41) is 4.02. The van der Waals surface area contributed by atoms with E-state index in [-0.39, 0.29) is 17.8 Å².